The Kier molecular flexibility index (Phi) is 4.31. The van der Waals surface area contributed by atoms with Gasteiger partial charge in [0.25, 0.3) is 0 Å². The highest BCUT2D eigenvalue weighted by atomic mass is 16.5. The van der Waals surface area contributed by atoms with Gasteiger partial charge in [-0.1, -0.05) is 0 Å². The van der Waals surface area contributed by atoms with E-state index >= 15 is 0 Å². The van der Waals surface area contributed by atoms with Crippen molar-refractivity contribution in [1.82, 2.24) is 0 Å². The van der Waals surface area contributed by atoms with E-state index in [-0.39, 0.29) is 16.7 Å². The van der Waals surface area contributed by atoms with Crippen LogP contribution in [0, 0.1) is 0 Å². The Morgan fingerprint density at radius 3 is 2.32 bits per heavy atom. The lowest BCUT2D eigenvalue weighted by Crippen LogP contribution is -2.06. The number of phenols is 2. The van der Waals surface area contributed by atoms with Crippen LogP contribution < -0.4 is 9.47 Å². The molecule has 6 heteroatoms. The summed E-state index contributed by atoms with van der Waals surface area (Å²) in [6.07, 6.45) is 0.438. The standard InChI is InChI=1S/C16H14O6/c1-21-12-6-4-9(7-13(12)22-2)15(19)14-10(8-17)3-5-11(18)16(14)20/h3-8,18,20H,1-2H3. The van der Waals surface area contributed by atoms with Gasteiger partial charge in [-0.05, 0) is 30.3 Å². The third kappa shape index (κ3) is 2.58. The Labute approximate surface area is 126 Å². The quantitative estimate of drug-likeness (QED) is 0.499. The summed E-state index contributed by atoms with van der Waals surface area (Å²) in [5, 5.41) is 19.4. The number of methoxy groups -OCH3 is 2. The molecule has 2 rings (SSSR count). The lowest BCUT2D eigenvalue weighted by molar-refractivity contribution is 0.102. The Morgan fingerprint density at radius 1 is 1.05 bits per heavy atom. The van der Waals surface area contributed by atoms with E-state index in [2.05, 4.69) is 0 Å². The molecule has 0 aliphatic heterocycles. The van der Waals surface area contributed by atoms with Gasteiger partial charge >= 0.3 is 0 Å². The van der Waals surface area contributed by atoms with Crippen molar-refractivity contribution in [3.05, 3.63) is 47.0 Å². The predicted octanol–water partition coefficient (Wildman–Crippen LogP) is 2.16. The Balaban J connectivity index is 2.58. The van der Waals surface area contributed by atoms with Crippen LogP contribution in [0.2, 0.25) is 0 Å². The summed E-state index contributed by atoms with van der Waals surface area (Å²) in [6, 6.07) is 6.84. The first-order chi connectivity index (χ1) is 10.5. The highest BCUT2D eigenvalue weighted by Gasteiger charge is 2.21. The number of rotatable bonds is 5. The normalized spacial score (nSPS) is 10.1. The van der Waals surface area contributed by atoms with Crippen LogP contribution in [0.25, 0.3) is 0 Å². The number of carbonyl (C=O) groups excluding carboxylic acids is 2. The number of ketones is 1. The number of hydrogen-bond acceptors (Lipinski definition) is 6. The Bertz CT molecular complexity index is 736. The molecule has 0 heterocycles. The molecule has 0 saturated carbocycles. The maximum atomic E-state index is 12.5. The molecule has 0 aliphatic carbocycles. The van der Waals surface area contributed by atoms with E-state index in [9.17, 15) is 19.8 Å². The van der Waals surface area contributed by atoms with Gasteiger partial charge in [0, 0.05) is 11.1 Å². The van der Waals surface area contributed by atoms with Crippen LogP contribution in [0.3, 0.4) is 0 Å². The van der Waals surface area contributed by atoms with Gasteiger partial charge < -0.3 is 19.7 Å². The zero-order valence-electron chi connectivity index (χ0n) is 12.0. The van der Waals surface area contributed by atoms with Gasteiger partial charge in [-0.2, -0.15) is 0 Å². The van der Waals surface area contributed by atoms with Crippen LogP contribution in [0.4, 0.5) is 0 Å². The molecule has 0 atom stereocenters. The van der Waals surface area contributed by atoms with Crippen molar-refractivity contribution < 1.29 is 29.3 Å². The minimum absolute atomic E-state index is 0.0184. The van der Waals surface area contributed by atoms with Crippen molar-refractivity contribution in [2.75, 3.05) is 14.2 Å². The van der Waals surface area contributed by atoms with E-state index in [0.29, 0.717) is 17.8 Å². The summed E-state index contributed by atoms with van der Waals surface area (Å²) < 4.78 is 10.2. The average Bonchev–Trinajstić information content (AvgIpc) is 2.55. The van der Waals surface area contributed by atoms with Crippen LogP contribution in [-0.4, -0.2) is 36.5 Å². The van der Waals surface area contributed by atoms with E-state index in [1.807, 2.05) is 0 Å². The lowest BCUT2D eigenvalue weighted by atomic mass is 9.97. The smallest absolute Gasteiger partial charge is 0.197 e. The number of aldehydes is 1. The summed E-state index contributed by atoms with van der Waals surface area (Å²) >= 11 is 0. The zero-order valence-corrected chi connectivity index (χ0v) is 12.0. The molecule has 0 aromatic heterocycles. The van der Waals surface area contributed by atoms with Gasteiger partial charge in [0.1, 0.15) is 0 Å². The number of benzene rings is 2. The Hall–Kier alpha value is -3.02. The fourth-order valence-corrected chi connectivity index (χ4v) is 2.05. The van der Waals surface area contributed by atoms with Gasteiger partial charge in [-0.25, -0.2) is 0 Å². The summed E-state index contributed by atoms with van der Waals surface area (Å²) in [7, 11) is 2.89. The lowest BCUT2D eigenvalue weighted by Gasteiger charge is -2.11. The molecule has 0 unspecified atom stereocenters. The highest BCUT2D eigenvalue weighted by molar-refractivity contribution is 6.15. The second-order valence-electron chi connectivity index (χ2n) is 4.41. The molecule has 0 fully saturated rings. The first kappa shape index (κ1) is 15.4. The Morgan fingerprint density at radius 2 is 1.73 bits per heavy atom. The number of phenolic OH excluding ortho intramolecular Hbond substituents is 2. The molecule has 0 amide bonds. The summed E-state index contributed by atoms with van der Waals surface area (Å²) in [4.78, 5) is 23.6. The molecule has 0 spiro atoms. The molecular weight excluding hydrogens is 288 g/mol. The van der Waals surface area contributed by atoms with Gasteiger partial charge in [-0.3, -0.25) is 9.59 Å². The van der Waals surface area contributed by atoms with Gasteiger partial charge in [0.15, 0.2) is 35.1 Å². The molecule has 0 aliphatic rings. The summed E-state index contributed by atoms with van der Waals surface area (Å²) in [6.45, 7) is 0. The zero-order chi connectivity index (χ0) is 16.3. The fraction of sp³-hybridized carbons (Fsp3) is 0.125. The van der Waals surface area contributed by atoms with Crippen LogP contribution >= 0.6 is 0 Å². The van der Waals surface area contributed by atoms with Crippen molar-refractivity contribution in [3.8, 4) is 23.0 Å². The second-order valence-corrected chi connectivity index (χ2v) is 4.41. The predicted molar refractivity (Wildman–Crippen MR) is 78.1 cm³/mol. The number of ether oxygens (including phenoxy) is 2. The van der Waals surface area contributed by atoms with E-state index in [1.165, 1.54) is 38.5 Å². The van der Waals surface area contributed by atoms with Crippen molar-refractivity contribution in [3.63, 3.8) is 0 Å². The van der Waals surface area contributed by atoms with Crippen molar-refractivity contribution in [2.24, 2.45) is 0 Å². The maximum absolute atomic E-state index is 12.5. The fourth-order valence-electron chi connectivity index (χ4n) is 2.05. The highest BCUT2D eigenvalue weighted by Crippen LogP contribution is 2.34. The molecule has 2 aromatic rings. The molecule has 22 heavy (non-hydrogen) atoms. The van der Waals surface area contributed by atoms with Gasteiger partial charge in [0.05, 0.1) is 19.8 Å². The summed E-state index contributed by atoms with van der Waals surface area (Å²) in [5.41, 5.74) is -0.0982. The molecule has 2 aromatic carbocycles. The molecule has 0 saturated heterocycles. The van der Waals surface area contributed by atoms with Crippen molar-refractivity contribution >= 4 is 12.1 Å². The molecule has 0 bridgehead atoms. The van der Waals surface area contributed by atoms with Crippen molar-refractivity contribution in [2.45, 2.75) is 0 Å². The summed E-state index contributed by atoms with van der Waals surface area (Å²) in [5.74, 6) is -0.953. The van der Waals surface area contributed by atoms with Gasteiger partial charge in [-0.15, -0.1) is 0 Å². The van der Waals surface area contributed by atoms with Crippen LogP contribution in [-0.2, 0) is 0 Å². The van der Waals surface area contributed by atoms with E-state index in [1.54, 1.807) is 0 Å². The van der Waals surface area contributed by atoms with Crippen molar-refractivity contribution in [1.29, 1.82) is 0 Å². The second kappa shape index (κ2) is 6.17. The monoisotopic (exact) mass is 302 g/mol. The minimum atomic E-state index is -0.635. The topological polar surface area (TPSA) is 93.1 Å². The van der Waals surface area contributed by atoms with Crippen LogP contribution in [0.1, 0.15) is 26.3 Å². The van der Waals surface area contributed by atoms with Gasteiger partial charge in [0.2, 0.25) is 0 Å². The van der Waals surface area contributed by atoms with E-state index < -0.39 is 17.3 Å². The average molecular weight is 302 g/mol. The first-order valence-corrected chi connectivity index (χ1v) is 6.30. The van der Waals surface area contributed by atoms with Crippen LogP contribution in [0.15, 0.2) is 30.3 Å². The van der Waals surface area contributed by atoms with Crippen LogP contribution in [0.5, 0.6) is 23.0 Å². The SMILES string of the molecule is COc1ccc(C(=O)c2c(C=O)ccc(O)c2O)cc1OC. The molecule has 0 radical (unpaired) electrons. The number of aromatic hydroxyl groups is 2. The third-order valence-corrected chi connectivity index (χ3v) is 3.19. The number of hydrogen-bond donors (Lipinski definition) is 2. The third-order valence-electron chi connectivity index (χ3n) is 3.19. The van der Waals surface area contributed by atoms with E-state index in [0.717, 1.165) is 6.07 Å². The first-order valence-electron chi connectivity index (χ1n) is 6.30. The molecule has 6 nitrogen and oxygen atoms in total. The number of carbonyl (C=O) groups is 2. The molecule has 114 valence electrons. The minimum Gasteiger partial charge on any atom is -0.504 e. The largest absolute Gasteiger partial charge is 0.504 e. The maximum Gasteiger partial charge on any atom is 0.197 e. The van der Waals surface area contributed by atoms with E-state index in [4.69, 9.17) is 9.47 Å². The molecular formula is C16H14O6. The molecule has 2 N–H and O–H groups in total.